The second-order valence-electron chi connectivity index (χ2n) is 3.36. The fourth-order valence-electron chi connectivity index (χ4n) is 1.30. The highest BCUT2D eigenvalue weighted by Crippen LogP contribution is 2.11. The van der Waals surface area contributed by atoms with Crippen molar-refractivity contribution in [2.45, 2.75) is 6.92 Å². The molecular formula is C11H12F2N2O3. The molecule has 1 aromatic rings. The molecule has 1 aromatic heterocycles. The van der Waals surface area contributed by atoms with Crippen LogP contribution in [0.4, 0.5) is 8.78 Å². The number of amides is 1. The summed E-state index contributed by atoms with van der Waals surface area (Å²) in [7, 11) is 1.17. The molecule has 0 spiro atoms. The lowest BCUT2D eigenvalue weighted by Crippen LogP contribution is -2.36. The lowest BCUT2D eigenvalue weighted by atomic mass is 10.2. The van der Waals surface area contributed by atoms with Gasteiger partial charge < -0.3 is 9.64 Å². The molecule has 0 bridgehead atoms. The largest absolute Gasteiger partial charge is 0.468 e. The molecule has 0 saturated heterocycles. The number of halogens is 2. The van der Waals surface area contributed by atoms with Crippen LogP contribution in [-0.4, -0.2) is 42.0 Å². The van der Waals surface area contributed by atoms with Crippen LogP contribution < -0.4 is 0 Å². The normalized spacial score (nSPS) is 10.0. The van der Waals surface area contributed by atoms with Crippen molar-refractivity contribution in [1.82, 2.24) is 9.88 Å². The SMILES string of the molecule is CCN(CC(=O)OC)C(=O)c1ccnc(F)c1F. The van der Waals surface area contributed by atoms with Crippen molar-refractivity contribution in [2.24, 2.45) is 0 Å². The molecule has 1 heterocycles. The summed E-state index contributed by atoms with van der Waals surface area (Å²) in [5, 5.41) is 0. The van der Waals surface area contributed by atoms with E-state index in [4.69, 9.17) is 0 Å². The van der Waals surface area contributed by atoms with Gasteiger partial charge in [0.05, 0.1) is 12.7 Å². The van der Waals surface area contributed by atoms with Crippen LogP contribution in [0.3, 0.4) is 0 Å². The number of rotatable bonds is 4. The van der Waals surface area contributed by atoms with Crippen molar-refractivity contribution in [3.8, 4) is 0 Å². The maximum atomic E-state index is 13.4. The molecule has 0 unspecified atom stereocenters. The Morgan fingerprint density at radius 1 is 1.44 bits per heavy atom. The molecule has 0 saturated carbocycles. The van der Waals surface area contributed by atoms with E-state index in [0.29, 0.717) is 0 Å². The predicted molar refractivity (Wildman–Crippen MR) is 57.7 cm³/mol. The Balaban J connectivity index is 2.97. The second kappa shape index (κ2) is 6.04. The van der Waals surface area contributed by atoms with E-state index in [0.717, 1.165) is 17.2 Å². The molecule has 5 nitrogen and oxygen atoms in total. The Kier molecular flexibility index (Phi) is 4.70. The van der Waals surface area contributed by atoms with Crippen LogP contribution >= 0.6 is 0 Å². The zero-order chi connectivity index (χ0) is 13.7. The number of pyridine rings is 1. The second-order valence-corrected chi connectivity index (χ2v) is 3.36. The summed E-state index contributed by atoms with van der Waals surface area (Å²) < 4.78 is 30.7. The van der Waals surface area contributed by atoms with Crippen LogP contribution in [0, 0.1) is 11.8 Å². The van der Waals surface area contributed by atoms with Crippen molar-refractivity contribution in [3.63, 3.8) is 0 Å². The summed E-state index contributed by atoms with van der Waals surface area (Å²) in [5.41, 5.74) is -0.465. The Labute approximate surface area is 102 Å². The minimum Gasteiger partial charge on any atom is -0.468 e. The minimum atomic E-state index is -1.35. The van der Waals surface area contributed by atoms with Crippen molar-refractivity contribution in [3.05, 3.63) is 29.6 Å². The molecule has 0 fully saturated rings. The highest BCUT2D eigenvalue weighted by atomic mass is 19.2. The number of aromatic nitrogens is 1. The Hall–Kier alpha value is -2.05. The van der Waals surface area contributed by atoms with Crippen LogP contribution in [0.5, 0.6) is 0 Å². The van der Waals surface area contributed by atoms with Crippen molar-refractivity contribution >= 4 is 11.9 Å². The fraction of sp³-hybridized carbons (Fsp3) is 0.364. The number of hydrogen-bond donors (Lipinski definition) is 0. The summed E-state index contributed by atoms with van der Waals surface area (Å²) in [5.74, 6) is -4.11. The highest BCUT2D eigenvalue weighted by molar-refractivity contribution is 5.96. The third-order valence-electron chi connectivity index (χ3n) is 2.29. The number of nitrogens with zero attached hydrogens (tertiary/aromatic N) is 2. The van der Waals surface area contributed by atoms with E-state index in [1.165, 1.54) is 7.11 Å². The Morgan fingerprint density at radius 3 is 2.67 bits per heavy atom. The summed E-state index contributed by atoms with van der Waals surface area (Å²) in [4.78, 5) is 27.1. The smallest absolute Gasteiger partial charge is 0.325 e. The summed E-state index contributed by atoms with van der Waals surface area (Å²) in [6, 6.07) is 1.06. The van der Waals surface area contributed by atoms with Crippen molar-refractivity contribution in [1.29, 1.82) is 0 Å². The van der Waals surface area contributed by atoms with Crippen LogP contribution in [0.1, 0.15) is 17.3 Å². The topological polar surface area (TPSA) is 59.5 Å². The average Bonchev–Trinajstić information content (AvgIpc) is 2.38. The first-order chi connectivity index (χ1) is 8.51. The molecular weight excluding hydrogens is 246 g/mol. The van der Waals surface area contributed by atoms with Gasteiger partial charge in [0.15, 0.2) is 5.82 Å². The van der Waals surface area contributed by atoms with Gasteiger partial charge in [-0.05, 0) is 13.0 Å². The van der Waals surface area contributed by atoms with Gasteiger partial charge in [-0.3, -0.25) is 9.59 Å². The van der Waals surface area contributed by atoms with E-state index in [-0.39, 0.29) is 13.1 Å². The first-order valence-electron chi connectivity index (χ1n) is 5.17. The minimum absolute atomic E-state index is 0.164. The van der Waals surface area contributed by atoms with Crippen LogP contribution in [0.15, 0.2) is 12.3 Å². The maximum Gasteiger partial charge on any atom is 0.325 e. The molecule has 0 aromatic carbocycles. The zero-order valence-electron chi connectivity index (χ0n) is 9.94. The van der Waals surface area contributed by atoms with Gasteiger partial charge in [-0.1, -0.05) is 0 Å². The standard InChI is InChI=1S/C11H12F2N2O3/c1-3-15(6-8(16)18-2)11(17)7-4-5-14-10(13)9(7)12/h4-5H,3,6H2,1-2H3. The monoisotopic (exact) mass is 258 g/mol. The van der Waals surface area contributed by atoms with Gasteiger partial charge in [-0.2, -0.15) is 4.39 Å². The van der Waals surface area contributed by atoms with Crippen molar-refractivity contribution in [2.75, 3.05) is 20.2 Å². The highest BCUT2D eigenvalue weighted by Gasteiger charge is 2.22. The summed E-state index contributed by atoms with van der Waals surface area (Å²) >= 11 is 0. The average molecular weight is 258 g/mol. The third-order valence-corrected chi connectivity index (χ3v) is 2.29. The Bertz CT molecular complexity index is 466. The quantitative estimate of drug-likeness (QED) is 0.597. The number of carbonyl (C=O) groups excluding carboxylic acids is 2. The van der Waals surface area contributed by atoms with Gasteiger partial charge in [-0.25, -0.2) is 9.37 Å². The van der Waals surface area contributed by atoms with Gasteiger partial charge in [0.25, 0.3) is 5.91 Å². The van der Waals surface area contributed by atoms with E-state index < -0.39 is 29.2 Å². The molecule has 0 aliphatic rings. The summed E-state index contributed by atoms with van der Waals surface area (Å²) in [6.45, 7) is 1.45. The van der Waals surface area contributed by atoms with Crippen LogP contribution in [-0.2, 0) is 9.53 Å². The van der Waals surface area contributed by atoms with Crippen molar-refractivity contribution < 1.29 is 23.1 Å². The number of likely N-dealkylation sites (N-methyl/N-ethyl adjacent to an activating group) is 1. The molecule has 98 valence electrons. The van der Waals surface area contributed by atoms with Gasteiger partial charge in [0.2, 0.25) is 5.95 Å². The fourth-order valence-corrected chi connectivity index (χ4v) is 1.30. The zero-order valence-corrected chi connectivity index (χ0v) is 9.94. The van der Waals surface area contributed by atoms with E-state index in [1.54, 1.807) is 6.92 Å². The van der Waals surface area contributed by atoms with E-state index in [1.807, 2.05) is 0 Å². The van der Waals surface area contributed by atoms with E-state index in [2.05, 4.69) is 9.72 Å². The lowest BCUT2D eigenvalue weighted by molar-refractivity contribution is -0.141. The molecule has 7 heteroatoms. The van der Waals surface area contributed by atoms with E-state index >= 15 is 0 Å². The number of esters is 1. The molecule has 0 aliphatic carbocycles. The van der Waals surface area contributed by atoms with Gasteiger partial charge in [-0.15, -0.1) is 0 Å². The van der Waals surface area contributed by atoms with Gasteiger partial charge >= 0.3 is 5.97 Å². The Morgan fingerprint density at radius 2 is 2.11 bits per heavy atom. The molecule has 0 N–H and O–H groups in total. The molecule has 18 heavy (non-hydrogen) atoms. The molecule has 0 aliphatic heterocycles. The van der Waals surface area contributed by atoms with Crippen LogP contribution in [0.2, 0.25) is 0 Å². The third kappa shape index (κ3) is 2.99. The first kappa shape index (κ1) is 14.0. The maximum absolute atomic E-state index is 13.4. The molecule has 1 rings (SSSR count). The number of carbonyl (C=O) groups is 2. The molecule has 1 amide bonds. The first-order valence-corrected chi connectivity index (χ1v) is 5.17. The van der Waals surface area contributed by atoms with Gasteiger partial charge in [0.1, 0.15) is 6.54 Å². The number of methoxy groups -OCH3 is 1. The lowest BCUT2D eigenvalue weighted by Gasteiger charge is -2.19. The predicted octanol–water partition coefficient (Wildman–Crippen LogP) is 0.995. The van der Waals surface area contributed by atoms with Gasteiger partial charge in [0, 0.05) is 12.7 Å². The molecule has 0 atom stereocenters. The van der Waals surface area contributed by atoms with Crippen LogP contribution in [0.25, 0.3) is 0 Å². The van der Waals surface area contributed by atoms with E-state index in [9.17, 15) is 18.4 Å². The molecule has 0 radical (unpaired) electrons. The number of hydrogen-bond acceptors (Lipinski definition) is 4. The number of ether oxygens (including phenoxy) is 1. The summed E-state index contributed by atoms with van der Waals surface area (Å²) in [6.07, 6.45) is 0.984.